The Bertz CT molecular complexity index is 922. The van der Waals surface area contributed by atoms with E-state index in [0.717, 1.165) is 54.3 Å². The van der Waals surface area contributed by atoms with E-state index < -0.39 is 0 Å². The van der Waals surface area contributed by atoms with E-state index >= 15 is 0 Å². The fourth-order valence-electron chi connectivity index (χ4n) is 3.38. The molecule has 2 aromatic heterocycles. The van der Waals surface area contributed by atoms with Crippen molar-refractivity contribution in [2.45, 2.75) is 25.7 Å². The number of rotatable bonds is 3. The van der Waals surface area contributed by atoms with Gasteiger partial charge in [0.1, 0.15) is 17.3 Å². The summed E-state index contributed by atoms with van der Waals surface area (Å²) in [5, 5.41) is 3.38. The van der Waals surface area contributed by atoms with Crippen molar-refractivity contribution in [1.82, 2.24) is 15.3 Å². The third kappa shape index (κ3) is 3.28. The van der Waals surface area contributed by atoms with Crippen molar-refractivity contribution in [2.24, 2.45) is 0 Å². The first-order chi connectivity index (χ1) is 12.2. The molecule has 2 N–H and O–H groups in total. The highest BCUT2D eigenvalue weighted by molar-refractivity contribution is 5.68. The van der Waals surface area contributed by atoms with Crippen molar-refractivity contribution in [3.05, 3.63) is 64.3 Å². The Morgan fingerprint density at radius 2 is 2.04 bits per heavy atom. The number of aryl methyl sites for hydroxylation is 1. The molecule has 1 saturated heterocycles. The van der Waals surface area contributed by atoms with Crippen molar-refractivity contribution in [3.63, 3.8) is 0 Å². The minimum absolute atomic E-state index is 0.118. The van der Waals surface area contributed by atoms with Gasteiger partial charge in [0.2, 0.25) is 0 Å². The number of hydrogen-bond donors (Lipinski definition) is 2. The summed E-state index contributed by atoms with van der Waals surface area (Å²) in [6, 6.07) is 13.5. The molecule has 5 nitrogen and oxygen atoms in total. The molecule has 4 rings (SSSR count). The molecule has 0 radical (unpaired) electrons. The van der Waals surface area contributed by atoms with Crippen LogP contribution in [0.2, 0.25) is 0 Å². The first-order valence-electron chi connectivity index (χ1n) is 8.69. The SMILES string of the molecule is Cc1oc(-c2ccccc2)cc1-c1nc([C@H]2CCCNC2)cc(=O)[nH]1. The molecule has 128 valence electrons. The molecule has 25 heavy (non-hydrogen) atoms. The Morgan fingerprint density at radius 3 is 2.80 bits per heavy atom. The highest BCUT2D eigenvalue weighted by atomic mass is 16.3. The molecule has 3 heterocycles. The maximum atomic E-state index is 12.2. The quantitative estimate of drug-likeness (QED) is 0.769. The summed E-state index contributed by atoms with van der Waals surface area (Å²) in [5.41, 5.74) is 2.58. The fourth-order valence-corrected chi connectivity index (χ4v) is 3.38. The second-order valence-corrected chi connectivity index (χ2v) is 6.51. The number of nitrogens with one attached hydrogen (secondary N) is 2. The van der Waals surface area contributed by atoms with Gasteiger partial charge in [-0.1, -0.05) is 30.3 Å². The number of nitrogens with zero attached hydrogens (tertiary/aromatic N) is 1. The number of H-pyrrole nitrogens is 1. The van der Waals surface area contributed by atoms with E-state index in [1.807, 2.05) is 43.3 Å². The van der Waals surface area contributed by atoms with E-state index in [2.05, 4.69) is 10.3 Å². The molecule has 0 aliphatic carbocycles. The Labute approximate surface area is 146 Å². The number of furan rings is 1. The number of piperidine rings is 1. The van der Waals surface area contributed by atoms with Gasteiger partial charge >= 0.3 is 0 Å². The molecule has 1 aliphatic rings. The molecule has 0 amide bonds. The lowest BCUT2D eigenvalue weighted by Crippen LogP contribution is -2.29. The Balaban J connectivity index is 1.73. The predicted octanol–water partition coefficient (Wildman–Crippen LogP) is 3.47. The minimum Gasteiger partial charge on any atom is -0.461 e. The summed E-state index contributed by atoms with van der Waals surface area (Å²) in [5.74, 6) is 2.40. The van der Waals surface area contributed by atoms with Crippen molar-refractivity contribution in [2.75, 3.05) is 13.1 Å². The summed E-state index contributed by atoms with van der Waals surface area (Å²) in [6.45, 7) is 3.81. The van der Waals surface area contributed by atoms with Gasteiger partial charge in [0, 0.05) is 24.1 Å². The fraction of sp³-hybridized carbons (Fsp3) is 0.300. The van der Waals surface area contributed by atoms with Gasteiger partial charge in [-0.25, -0.2) is 4.98 Å². The lowest BCUT2D eigenvalue weighted by atomic mass is 9.96. The van der Waals surface area contributed by atoms with E-state index in [1.165, 1.54) is 0 Å². The molecule has 0 bridgehead atoms. The largest absolute Gasteiger partial charge is 0.461 e. The average molecular weight is 335 g/mol. The molecular formula is C20H21N3O2. The van der Waals surface area contributed by atoms with Crippen LogP contribution in [0.25, 0.3) is 22.7 Å². The third-order valence-electron chi connectivity index (χ3n) is 4.71. The molecule has 1 aliphatic heterocycles. The van der Waals surface area contributed by atoms with Gasteiger partial charge in [-0.2, -0.15) is 0 Å². The van der Waals surface area contributed by atoms with E-state index in [1.54, 1.807) is 6.07 Å². The van der Waals surface area contributed by atoms with E-state index in [4.69, 9.17) is 9.40 Å². The van der Waals surface area contributed by atoms with Gasteiger partial charge in [-0.15, -0.1) is 0 Å². The maximum Gasteiger partial charge on any atom is 0.251 e. The molecule has 0 unspecified atom stereocenters. The minimum atomic E-state index is -0.118. The van der Waals surface area contributed by atoms with Gasteiger partial charge in [0.15, 0.2) is 0 Å². The van der Waals surface area contributed by atoms with E-state index in [9.17, 15) is 4.79 Å². The van der Waals surface area contributed by atoms with Crippen molar-refractivity contribution in [1.29, 1.82) is 0 Å². The lowest BCUT2D eigenvalue weighted by Gasteiger charge is -2.22. The summed E-state index contributed by atoms with van der Waals surface area (Å²) in [4.78, 5) is 19.8. The van der Waals surface area contributed by atoms with Crippen molar-refractivity contribution in [3.8, 4) is 22.7 Å². The zero-order valence-corrected chi connectivity index (χ0v) is 14.2. The number of benzene rings is 1. The van der Waals surface area contributed by atoms with Crippen LogP contribution >= 0.6 is 0 Å². The molecular weight excluding hydrogens is 314 g/mol. The third-order valence-corrected chi connectivity index (χ3v) is 4.71. The summed E-state index contributed by atoms with van der Waals surface area (Å²) >= 11 is 0. The van der Waals surface area contributed by atoms with Crippen LogP contribution in [0.4, 0.5) is 0 Å². The molecule has 1 aromatic carbocycles. The van der Waals surface area contributed by atoms with Gasteiger partial charge in [0.05, 0.1) is 11.3 Å². The lowest BCUT2D eigenvalue weighted by molar-refractivity contribution is 0.454. The number of aromatic nitrogens is 2. The Morgan fingerprint density at radius 1 is 1.20 bits per heavy atom. The smallest absolute Gasteiger partial charge is 0.251 e. The zero-order valence-electron chi connectivity index (χ0n) is 14.2. The molecule has 5 heteroatoms. The number of aromatic amines is 1. The standard InChI is InChI=1S/C20H21N3O2/c1-13-16(10-18(25-13)14-6-3-2-4-7-14)20-22-17(11-19(24)23-20)15-8-5-9-21-12-15/h2-4,6-7,10-11,15,21H,5,8-9,12H2,1H3,(H,22,23,24)/t15-/m0/s1. The highest BCUT2D eigenvalue weighted by Gasteiger charge is 2.19. The molecule has 0 saturated carbocycles. The second kappa shape index (κ2) is 6.69. The van der Waals surface area contributed by atoms with E-state index in [-0.39, 0.29) is 11.5 Å². The highest BCUT2D eigenvalue weighted by Crippen LogP contribution is 2.31. The van der Waals surface area contributed by atoms with Crippen LogP contribution in [0.3, 0.4) is 0 Å². The Kier molecular flexibility index (Phi) is 4.24. The van der Waals surface area contributed by atoms with Gasteiger partial charge in [0.25, 0.3) is 5.56 Å². The summed E-state index contributed by atoms with van der Waals surface area (Å²) < 4.78 is 5.91. The van der Waals surface area contributed by atoms with Crippen LogP contribution in [0, 0.1) is 6.92 Å². The van der Waals surface area contributed by atoms with E-state index in [0.29, 0.717) is 5.82 Å². The topological polar surface area (TPSA) is 70.9 Å². The Hall–Kier alpha value is -2.66. The van der Waals surface area contributed by atoms with Crippen LogP contribution in [-0.2, 0) is 0 Å². The van der Waals surface area contributed by atoms with Crippen LogP contribution in [0.5, 0.6) is 0 Å². The van der Waals surface area contributed by atoms with Crippen LogP contribution in [-0.4, -0.2) is 23.1 Å². The van der Waals surface area contributed by atoms with Crippen molar-refractivity contribution >= 4 is 0 Å². The second-order valence-electron chi connectivity index (χ2n) is 6.51. The maximum absolute atomic E-state index is 12.2. The first kappa shape index (κ1) is 15.8. The van der Waals surface area contributed by atoms with Crippen molar-refractivity contribution < 1.29 is 4.42 Å². The molecule has 1 atom stereocenters. The normalized spacial score (nSPS) is 17.6. The van der Waals surface area contributed by atoms with Gasteiger partial charge < -0.3 is 14.7 Å². The average Bonchev–Trinajstić information content (AvgIpc) is 3.04. The van der Waals surface area contributed by atoms with Crippen LogP contribution in [0.1, 0.15) is 30.2 Å². The monoisotopic (exact) mass is 335 g/mol. The van der Waals surface area contributed by atoms with Gasteiger partial charge in [-0.3, -0.25) is 4.79 Å². The van der Waals surface area contributed by atoms with Crippen LogP contribution in [0.15, 0.2) is 51.7 Å². The number of hydrogen-bond acceptors (Lipinski definition) is 4. The summed E-state index contributed by atoms with van der Waals surface area (Å²) in [6.07, 6.45) is 2.17. The predicted molar refractivity (Wildman–Crippen MR) is 97.6 cm³/mol. The molecule has 1 fully saturated rings. The molecule has 0 spiro atoms. The molecule has 3 aromatic rings. The van der Waals surface area contributed by atoms with Crippen LogP contribution < -0.4 is 10.9 Å². The first-order valence-corrected chi connectivity index (χ1v) is 8.69. The summed E-state index contributed by atoms with van der Waals surface area (Å²) in [7, 11) is 0. The van der Waals surface area contributed by atoms with Gasteiger partial charge in [-0.05, 0) is 32.4 Å². The zero-order chi connectivity index (χ0) is 17.2.